The second-order valence-electron chi connectivity index (χ2n) is 7.84. The number of halogens is 3. The SMILES string of the molecule is C[C@@H](CO)n1c(C(F)(F)F)nc2sc(N3CCCC3C(=O)NCc3ccccc3)nc2c1=O. The maximum Gasteiger partial charge on any atom is 0.449 e. The van der Waals surface area contributed by atoms with Gasteiger partial charge in [0.1, 0.15) is 6.04 Å². The van der Waals surface area contributed by atoms with Crippen LogP contribution in [0.3, 0.4) is 0 Å². The third-order valence-electron chi connectivity index (χ3n) is 5.52. The van der Waals surface area contributed by atoms with Crippen LogP contribution in [0.5, 0.6) is 0 Å². The van der Waals surface area contributed by atoms with E-state index in [4.69, 9.17) is 0 Å². The first-order chi connectivity index (χ1) is 15.7. The van der Waals surface area contributed by atoms with Crippen LogP contribution in [0.1, 0.15) is 37.2 Å². The number of hydrogen-bond acceptors (Lipinski definition) is 7. The number of carbonyl (C=O) groups excluding carboxylic acids is 1. The highest BCUT2D eigenvalue weighted by atomic mass is 32.1. The molecule has 3 heterocycles. The minimum atomic E-state index is -4.88. The highest BCUT2D eigenvalue weighted by Gasteiger charge is 2.40. The molecule has 1 aliphatic heterocycles. The Kier molecular flexibility index (Phi) is 6.39. The summed E-state index contributed by atoms with van der Waals surface area (Å²) in [4.78, 5) is 35.2. The molecule has 1 unspecified atom stereocenters. The zero-order valence-electron chi connectivity index (χ0n) is 17.7. The maximum absolute atomic E-state index is 13.6. The van der Waals surface area contributed by atoms with E-state index in [1.807, 2.05) is 30.3 Å². The predicted octanol–water partition coefficient (Wildman–Crippen LogP) is 2.71. The normalized spacial score (nSPS) is 17.5. The van der Waals surface area contributed by atoms with E-state index in [1.54, 1.807) is 4.90 Å². The van der Waals surface area contributed by atoms with Gasteiger partial charge in [-0.3, -0.25) is 14.2 Å². The van der Waals surface area contributed by atoms with Crippen molar-refractivity contribution in [2.24, 2.45) is 0 Å². The second kappa shape index (κ2) is 9.10. The number of alkyl halides is 3. The van der Waals surface area contributed by atoms with Gasteiger partial charge in [-0.2, -0.15) is 13.2 Å². The highest BCUT2D eigenvalue weighted by Crippen LogP contribution is 2.35. The molecule has 1 aromatic carbocycles. The van der Waals surface area contributed by atoms with Gasteiger partial charge >= 0.3 is 6.18 Å². The quantitative estimate of drug-likeness (QED) is 0.562. The van der Waals surface area contributed by atoms with Gasteiger partial charge in [0, 0.05) is 13.1 Å². The molecule has 3 aromatic rings. The zero-order chi connectivity index (χ0) is 23.8. The van der Waals surface area contributed by atoms with E-state index in [-0.39, 0.29) is 21.4 Å². The molecule has 12 heteroatoms. The van der Waals surface area contributed by atoms with Crippen LogP contribution in [0.2, 0.25) is 0 Å². The van der Waals surface area contributed by atoms with Crippen LogP contribution in [-0.2, 0) is 17.5 Å². The van der Waals surface area contributed by atoms with E-state index in [9.17, 15) is 27.9 Å². The van der Waals surface area contributed by atoms with Crippen LogP contribution in [0.4, 0.5) is 18.3 Å². The van der Waals surface area contributed by atoms with E-state index < -0.39 is 36.3 Å². The number of nitrogens with one attached hydrogen (secondary N) is 1. The minimum absolute atomic E-state index is 0.154. The van der Waals surface area contributed by atoms with Crippen molar-refractivity contribution < 1.29 is 23.1 Å². The summed E-state index contributed by atoms with van der Waals surface area (Å²) in [5, 5.41) is 12.5. The Morgan fingerprint density at radius 2 is 2.03 bits per heavy atom. The molecule has 1 aliphatic rings. The lowest BCUT2D eigenvalue weighted by atomic mass is 10.2. The average molecular weight is 482 g/mol. The summed E-state index contributed by atoms with van der Waals surface area (Å²) < 4.78 is 41.1. The molecule has 0 saturated carbocycles. The van der Waals surface area contributed by atoms with Crippen LogP contribution in [-0.4, -0.2) is 44.7 Å². The van der Waals surface area contributed by atoms with E-state index in [0.717, 1.165) is 16.9 Å². The number of anilines is 1. The smallest absolute Gasteiger partial charge is 0.394 e. The van der Waals surface area contributed by atoms with Gasteiger partial charge in [0.25, 0.3) is 5.56 Å². The van der Waals surface area contributed by atoms with Gasteiger partial charge in [0.05, 0.1) is 12.6 Å². The summed E-state index contributed by atoms with van der Waals surface area (Å²) in [6, 6.07) is 7.73. The van der Waals surface area contributed by atoms with E-state index >= 15 is 0 Å². The molecule has 176 valence electrons. The molecule has 0 spiro atoms. The first kappa shape index (κ1) is 23.2. The molecule has 0 bridgehead atoms. The molecule has 33 heavy (non-hydrogen) atoms. The first-order valence-corrected chi connectivity index (χ1v) is 11.2. The number of rotatable bonds is 6. The van der Waals surface area contributed by atoms with Crippen molar-refractivity contribution in [2.45, 2.75) is 44.6 Å². The number of amides is 1. The molecule has 1 fully saturated rings. The molecule has 8 nitrogen and oxygen atoms in total. The Labute approximate surface area is 190 Å². The topological polar surface area (TPSA) is 100 Å². The zero-order valence-corrected chi connectivity index (χ0v) is 18.5. The molecule has 1 saturated heterocycles. The van der Waals surface area contributed by atoms with Crippen molar-refractivity contribution in [3.63, 3.8) is 0 Å². The molecule has 2 aromatic heterocycles. The van der Waals surface area contributed by atoms with Crippen molar-refractivity contribution in [3.8, 4) is 0 Å². The van der Waals surface area contributed by atoms with Gasteiger partial charge in [-0.25, -0.2) is 9.97 Å². The minimum Gasteiger partial charge on any atom is -0.394 e. The van der Waals surface area contributed by atoms with Crippen molar-refractivity contribution >= 4 is 32.7 Å². The van der Waals surface area contributed by atoms with Gasteiger partial charge in [-0.05, 0) is 25.3 Å². The average Bonchev–Trinajstić information content (AvgIpc) is 3.44. The third-order valence-corrected chi connectivity index (χ3v) is 6.51. The number of aliphatic hydroxyl groups is 1. The summed E-state index contributed by atoms with van der Waals surface area (Å²) in [7, 11) is 0. The number of benzene rings is 1. The fourth-order valence-corrected chi connectivity index (χ4v) is 4.87. The molecule has 1 amide bonds. The largest absolute Gasteiger partial charge is 0.449 e. The summed E-state index contributed by atoms with van der Waals surface area (Å²) in [5.41, 5.74) is -0.239. The Morgan fingerprint density at radius 3 is 2.70 bits per heavy atom. The van der Waals surface area contributed by atoms with Crippen molar-refractivity contribution in [1.82, 2.24) is 19.9 Å². The highest BCUT2D eigenvalue weighted by molar-refractivity contribution is 7.21. The Bertz CT molecular complexity index is 1210. The fourth-order valence-electron chi connectivity index (χ4n) is 3.86. The monoisotopic (exact) mass is 481 g/mol. The standard InChI is InChI=1S/C21H22F3N5O3S/c1-12(11-30)29-18(32)15-17(27-19(29)21(22,23)24)33-20(26-15)28-9-5-8-14(28)16(31)25-10-13-6-3-2-4-7-13/h2-4,6-7,12,14,30H,5,8-11H2,1H3,(H,25,31)/t12-,14?/m0/s1. The third kappa shape index (κ3) is 4.58. The van der Waals surface area contributed by atoms with E-state index in [1.165, 1.54) is 6.92 Å². The summed E-state index contributed by atoms with van der Waals surface area (Å²) in [5.74, 6) is -1.60. The first-order valence-electron chi connectivity index (χ1n) is 10.4. The van der Waals surface area contributed by atoms with Crippen molar-refractivity contribution in [3.05, 3.63) is 52.1 Å². The Hall–Kier alpha value is -2.99. The lowest BCUT2D eigenvalue weighted by Crippen LogP contribution is -2.43. The molecular weight excluding hydrogens is 459 g/mol. The van der Waals surface area contributed by atoms with Gasteiger partial charge in [0.15, 0.2) is 15.5 Å². The van der Waals surface area contributed by atoms with Crippen LogP contribution in [0, 0.1) is 0 Å². The molecule has 0 radical (unpaired) electrons. The van der Waals surface area contributed by atoms with Gasteiger partial charge in [-0.15, -0.1) is 0 Å². The number of aromatic nitrogens is 3. The number of hydrogen-bond donors (Lipinski definition) is 2. The molecular formula is C21H22F3N5O3S. The summed E-state index contributed by atoms with van der Waals surface area (Å²) >= 11 is 0.850. The Morgan fingerprint density at radius 1 is 1.30 bits per heavy atom. The summed E-state index contributed by atoms with van der Waals surface area (Å²) in [6.45, 7) is 1.47. The van der Waals surface area contributed by atoms with Gasteiger partial charge < -0.3 is 15.3 Å². The van der Waals surface area contributed by atoms with Crippen LogP contribution < -0.4 is 15.8 Å². The number of thiazole rings is 1. The van der Waals surface area contributed by atoms with Crippen LogP contribution in [0.25, 0.3) is 10.3 Å². The van der Waals surface area contributed by atoms with Crippen molar-refractivity contribution in [1.29, 1.82) is 0 Å². The lowest BCUT2D eigenvalue weighted by Gasteiger charge is -2.23. The maximum atomic E-state index is 13.6. The second-order valence-corrected chi connectivity index (χ2v) is 8.80. The Balaban J connectivity index is 1.65. The predicted molar refractivity (Wildman–Crippen MR) is 117 cm³/mol. The van der Waals surface area contributed by atoms with Crippen LogP contribution in [0.15, 0.2) is 35.1 Å². The molecule has 4 rings (SSSR count). The number of carbonyl (C=O) groups is 1. The fraction of sp³-hybridized carbons (Fsp3) is 0.429. The van der Waals surface area contributed by atoms with Crippen molar-refractivity contribution in [2.75, 3.05) is 18.1 Å². The van der Waals surface area contributed by atoms with Gasteiger partial charge in [-0.1, -0.05) is 41.7 Å². The number of nitrogens with zero attached hydrogens (tertiary/aromatic N) is 4. The lowest BCUT2D eigenvalue weighted by molar-refractivity contribution is -0.148. The van der Waals surface area contributed by atoms with Gasteiger partial charge in [0.2, 0.25) is 11.7 Å². The molecule has 2 N–H and O–H groups in total. The molecule has 0 aliphatic carbocycles. The number of aliphatic hydroxyl groups excluding tert-OH is 1. The number of fused-ring (bicyclic) bond motifs is 1. The summed E-state index contributed by atoms with van der Waals surface area (Å²) in [6.07, 6.45) is -3.62. The van der Waals surface area contributed by atoms with E-state index in [0.29, 0.717) is 30.5 Å². The van der Waals surface area contributed by atoms with Crippen LogP contribution >= 0.6 is 11.3 Å². The molecule has 2 atom stereocenters. The van der Waals surface area contributed by atoms with E-state index in [2.05, 4.69) is 15.3 Å².